The van der Waals surface area contributed by atoms with E-state index in [1.54, 1.807) is 0 Å². The first kappa shape index (κ1) is 12.4. The number of alkyl halides is 3. The average molecular weight is 345 g/mol. The van der Waals surface area contributed by atoms with Crippen molar-refractivity contribution >= 4 is 43.5 Å². The van der Waals surface area contributed by atoms with Gasteiger partial charge in [-0.1, -0.05) is 15.9 Å². The quantitative estimate of drug-likeness (QED) is 0.640. The van der Waals surface area contributed by atoms with Crippen LogP contribution in [0.15, 0.2) is 22.7 Å². The highest BCUT2D eigenvalue weighted by Gasteiger charge is 2.35. The van der Waals surface area contributed by atoms with Crippen LogP contribution in [0.2, 0.25) is 0 Å². The number of anilines is 1. The fraction of sp³-hybridized carbons (Fsp3) is 0.125. The molecule has 0 saturated carbocycles. The van der Waals surface area contributed by atoms with Gasteiger partial charge in [0.25, 0.3) is 0 Å². The van der Waals surface area contributed by atoms with E-state index in [0.717, 1.165) is 0 Å². The molecule has 1 rings (SSSR count). The number of rotatable bonds is 2. The molecule has 0 bridgehead atoms. The van der Waals surface area contributed by atoms with E-state index >= 15 is 0 Å². The lowest BCUT2D eigenvalue weighted by molar-refractivity contribution is -0.128. The van der Waals surface area contributed by atoms with Crippen molar-refractivity contribution in [3.63, 3.8) is 0 Å². The van der Waals surface area contributed by atoms with Gasteiger partial charge < -0.3 is 10.4 Å². The standard InChI is InChI=1S/C8H5Br2F2NO2/c9-4-1-2-6(14)5(3-4)13-7(15)8(10,11)12/h1-3,14H,(H,13,15). The number of halogens is 4. The van der Waals surface area contributed by atoms with Gasteiger partial charge >= 0.3 is 10.7 Å². The molecule has 0 spiro atoms. The van der Waals surface area contributed by atoms with Crippen molar-refractivity contribution in [2.75, 3.05) is 5.32 Å². The molecule has 0 saturated heterocycles. The first-order valence-corrected chi connectivity index (χ1v) is 5.26. The van der Waals surface area contributed by atoms with Crippen LogP contribution in [0.1, 0.15) is 0 Å². The molecule has 2 N–H and O–H groups in total. The minimum atomic E-state index is -3.66. The number of carbonyl (C=O) groups excluding carboxylic acids is 1. The van der Waals surface area contributed by atoms with Gasteiger partial charge in [-0.2, -0.15) is 8.78 Å². The van der Waals surface area contributed by atoms with Gasteiger partial charge in [0.2, 0.25) is 0 Å². The third-order valence-electron chi connectivity index (χ3n) is 1.46. The molecule has 82 valence electrons. The Bertz CT molecular complexity index is 393. The Balaban J connectivity index is 2.90. The highest BCUT2D eigenvalue weighted by molar-refractivity contribution is 9.10. The van der Waals surface area contributed by atoms with Crippen molar-refractivity contribution < 1.29 is 18.7 Å². The maximum Gasteiger partial charge on any atom is 0.378 e. The minimum Gasteiger partial charge on any atom is -0.506 e. The number of carbonyl (C=O) groups is 1. The summed E-state index contributed by atoms with van der Waals surface area (Å²) in [5.41, 5.74) is -0.0894. The second kappa shape index (κ2) is 4.44. The molecule has 3 nitrogen and oxygen atoms in total. The predicted molar refractivity (Wildman–Crippen MR) is 58.3 cm³/mol. The van der Waals surface area contributed by atoms with Crippen molar-refractivity contribution in [1.29, 1.82) is 0 Å². The highest BCUT2D eigenvalue weighted by atomic mass is 79.9. The summed E-state index contributed by atoms with van der Waals surface area (Å²) in [6.45, 7) is 0. The third kappa shape index (κ3) is 3.42. The van der Waals surface area contributed by atoms with Crippen LogP contribution in [0.25, 0.3) is 0 Å². The minimum absolute atomic E-state index is 0.0894. The van der Waals surface area contributed by atoms with Crippen LogP contribution in [0, 0.1) is 0 Å². The van der Waals surface area contributed by atoms with E-state index in [2.05, 4.69) is 15.9 Å². The average Bonchev–Trinajstić information content (AvgIpc) is 2.09. The van der Waals surface area contributed by atoms with Crippen LogP contribution in [-0.4, -0.2) is 15.8 Å². The van der Waals surface area contributed by atoms with Crippen molar-refractivity contribution in [3.05, 3.63) is 22.7 Å². The Morgan fingerprint density at radius 1 is 1.47 bits per heavy atom. The van der Waals surface area contributed by atoms with E-state index in [1.807, 2.05) is 21.2 Å². The lowest BCUT2D eigenvalue weighted by Crippen LogP contribution is -2.28. The normalized spacial score (nSPS) is 11.2. The van der Waals surface area contributed by atoms with E-state index in [9.17, 15) is 18.7 Å². The van der Waals surface area contributed by atoms with Gasteiger partial charge in [-0.05, 0) is 18.2 Å². The van der Waals surface area contributed by atoms with Crippen LogP contribution in [0.3, 0.4) is 0 Å². The van der Waals surface area contributed by atoms with Crippen LogP contribution >= 0.6 is 31.9 Å². The molecule has 1 aromatic rings. The predicted octanol–water partition coefficient (Wildman–Crippen LogP) is 3.08. The number of hydrogen-bond acceptors (Lipinski definition) is 2. The molecule has 0 aliphatic heterocycles. The second-order valence-corrected chi connectivity index (χ2v) is 4.52. The van der Waals surface area contributed by atoms with Crippen molar-refractivity contribution in [2.24, 2.45) is 0 Å². The number of amides is 1. The summed E-state index contributed by atoms with van der Waals surface area (Å²) in [5.74, 6) is -1.83. The van der Waals surface area contributed by atoms with Crippen molar-refractivity contribution in [2.45, 2.75) is 4.83 Å². The van der Waals surface area contributed by atoms with Gasteiger partial charge in [0.1, 0.15) is 5.75 Å². The zero-order chi connectivity index (χ0) is 11.6. The Morgan fingerprint density at radius 2 is 2.07 bits per heavy atom. The zero-order valence-corrected chi connectivity index (χ0v) is 10.3. The summed E-state index contributed by atoms with van der Waals surface area (Å²) < 4.78 is 25.4. The van der Waals surface area contributed by atoms with Crippen LogP contribution in [-0.2, 0) is 4.79 Å². The topological polar surface area (TPSA) is 49.3 Å². The third-order valence-corrected chi connectivity index (χ3v) is 2.32. The van der Waals surface area contributed by atoms with Gasteiger partial charge in [0, 0.05) is 20.4 Å². The molecule has 15 heavy (non-hydrogen) atoms. The molecule has 0 heterocycles. The first-order chi connectivity index (χ1) is 6.80. The Labute approximate surface area is 101 Å². The highest BCUT2D eigenvalue weighted by Crippen LogP contribution is 2.29. The fourth-order valence-electron chi connectivity index (χ4n) is 0.802. The molecular weight excluding hydrogens is 340 g/mol. The molecule has 1 amide bonds. The summed E-state index contributed by atoms with van der Waals surface area (Å²) in [7, 11) is 0. The molecule has 0 unspecified atom stereocenters. The van der Waals surface area contributed by atoms with Crippen LogP contribution in [0.4, 0.5) is 14.5 Å². The number of phenolic OH excluding ortho intramolecular Hbond substituents is 1. The number of aromatic hydroxyl groups is 1. The van der Waals surface area contributed by atoms with E-state index < -0.39 is 10.7 Å². The Kier molecular flexibility index (Phi) is 3.67. The molecule has 0 aliphatic carbocycles. The Morgan fingerprint density at radius 3 is 2.60 bits per heavy atom. The van der Waals surface area contributed by atoms with Gasteiger partial charge in [-0.3, -0.25) is 4.79 Å². The van der Waals surface area contributed by atoms with E-state index in [1.165, 1.54) is 18.2 Å². The molecule has 0 fully saturated rings. The van der Waals surface area contributed by atoms with Gasteiger partial charge in [-0.15, -0.1) is 0 Å². The smallest absolute Gasteiger partial charge is 0.378 e. The first-order valence-electron chi connectivity index (χ1n) is 3.67. The number of nitrogens with one attached hydrogen (secondary N) is 1. The Hall–Kier alpha value is -0.690. The largest absolute Gasteiger partial charge is 0.506 e. The number of phenols is 1. The SMILES string of the molecule is O=C(Nc1cc(Br)ccc1O)C(F)(F)Br. The summed E-state index contributed by atoms with van der Waals surface area (Å²) in [4.78, 5) is 7.20. The number of benzene rings is 1. The maximum atomic E-state index is 12.4. The molecule has 1 aromatic carbocycles. The fourth-order valence-corrected chi connectivity index (χ4v) is 1.26. The van der Waals surface area contributed by atoms with Crippen LogP contribution in [0.5, 0.6) is 5.75 Å². The maximum absolute atomic E-state index is 12.4. The summed E-state index contributed by atoms with van der Waals surface area (Å²) >= 11 is 4.98. The molecule has 0 aliphatic rings. The van der Waals surface area contributed by atoms with Gasteiger partial charge in [0.15, 0.2) is 0 Å². The molecule has 7 heteroatoms. The van der Waals surface area contributed by atoms with Gasteiger partial charge in [0.05, 0.1) is 5.69 Å². The van der Waals surface area contributed by atoms with E-state index in [4.69, 9.17) is 0 Å². The van der Waals surface area contributed by atoms with E-state index in [-0.39, 0.29) is 11.4 Å². The monoisotopic (exact) mass is 343 g/mol. The molecule has 0 atom stereocenters. The molecule has 0 aromatic heterocycles. The zero-order valence-electron chi connectivity index (χ0n) is 7.10. The molecule has 0 radical (unpaired) electrons. The lowest BCUT2D eigenvalue weighted by atomic mass is 10.3. The van der Waals surface area contributed by atoms with Crippen LogP contribution < -0.4 is 5.32 Å². The summed E-state index contributed by atoms with van der Waals surface area (Å²) in [5, 5.41) is 11.1. The summed E-state index contributed by atoms with van der Waals surface area (Å²) in [6, 6.07) is 4.09. The van der Waals surface area contributed by atoms with Crippen molar-refractivity contribution in [3.8, 4) is 5.75 Å². The van der Waals surface area contributed by atoms with E-state index in [0.29, 0.717) is 4.47 Å². The number of hydrogen-bond donors (Lipinski definition) is 2. The summed E-state index contributed by atoms with van der Waals surface area (Å²) in [6.07, 6.45) is 0. The lowest BCUT2D eigenvalue weighted by Gasteiger charge is -2.10. The van der Waals surface area contributed by atoms with Gasteiger partial charge in [-0.25, -0.2) is 0 Å². The van der Waals surface area contributed by atoms with Crippen molar-refractivity contribution in [1.82, 2.24) is 0 Å². The second-order valence-electron chi connectivity index (χ2n) is 2.61. The molecular formula is C8H5Br2F2NO2.